The number of hydrogen-bond donors (Lipinski definition) is 0. The molecule has 1 aliphatic rings. The number of rotatable bonds is 1. The maximum atomic E-state index is 2.30. The first-order chi connectivity index (χ1) is 3.22. The third kappa shape index (κ3) is 0.971. The van der Waals surface area contributed by atoms with Gasteiger partial charge < -0.3 is 4.81 Å². The van der Waals surface area contributed by atoms with E-state index >= 15 is 0 Å². The van der Waals surface area contributed by atoms with Gasteiger partial charge in [0.05, 0.1) is 0 Å². The second kappa shape index (κ2) is 1.51. The highest BCUT2D eigenvalue weighted by molar-refractivity contribution is 6.04. The van der Waals surface area contributed by atoms with Crippen molar-refractivity contribution >= 4 is 7.98 Å². The molecule has 0 saturated heterocycles. The maximum Gasteiger partial charge on any atom is 0.185 e. The maximum absolute atomic E-state index is 2.30. The normalized spacial score (nSPS) is 39.3. The molecule has 2 unspecified atom stereocenters. The summed E-state index contributed by atoms with van der Waals surface area (Å²) in [7, 11) is 4.29. The summed E-state index contributed by atoms with van der Waals surface area (Å²) in [6.45, 7) is 2.30. The van der Waals surface area contributed by atoms with Gasteiger partial charge in [-0.25, -0.2) is 0 Å². The van der Waals surface area contributed by atoms with Crippen LogP contribution in [0.3, 0.4) is 0 Å². The van der Waals surface area contributed by atoms with Crippen LogP contribution in [0.1, 0.15) is 13.3 Å². The molecule has 0 radical (unpaired) electrons. The fraction of sp³-hybridized carbons (Fsp3) is 1.00. The third-order valence-electron chi connectivity index (χ3n) is 1.73. The van der Waals surface area contributed by atoms with Crippen molar-refractivity contribution in [2.24, 2.45) is 5.92 Å². The smallest absolute Gasteiger partial charge is 0.185 e. The van der Waals surface area contributed by atoms with Crippen molar-refractivity contribution in [3.8, 4) is 0 Å². The van der Waals surface area contributed by atoms with Crippen LogP contribution in [-0.2, 0) is 0 Å². The zero-order valence-corrected chi connectivity index (χ0v) is 5.31. The highest BCUT2D eigenvalue weighted by Gasteiger charge is 2.33. The molecule has 0 aromatic carbocycles. The molecular weight excluding hydrogens is 84.9 g/mol. The van der Waals surface area contributed by atoms with Gasteiger partial charge in [0, 0.05) is 6.04 Å². The van der Waals surface area contributed by atoms with Gasteiger partial charge >= 0.3 is 0 Å². The summed E-state index contributed by atoms with van der Waals surface area (Å²) in [5.41, 5.74) is 0. The van der Waals surface area contributed by atoms with Crippen LogP contribution in [0.25, 0.3) is 0 Å². The molecule has 0 bridgehead atoms. The molecule has 1 rings (SSSR count). The molecule has 2 atom stereocenters. The minimum atomic E-state index is 0.903. The van der Waals surface area contributed by atoms with Gasteiger partial charge in [-0.05, 0) is 19.4 Å². The average Bonchev–Trinajstić information content (AvgIpc) is 2.17. The molecule has 0 aromatic heterocycles. The molecule has 1 nitrogen and oxygen atoms in total. The van der Waals surface area contributed by atoms with Crippen molar-refractivity contribution < 1.29 is 0 Å². The van der Waals surface area contributed by atoms with E-state index in [1.807, 2.05) is 0 Å². The molecule has 0 N–H and O–H groups in total. The second-order valence-electron chi connectivity index (χ2n) is 2.74. The van der Waals surface area contributed by atoms with Gasteiger partial charge in [-0.2, -0.15) is 0 Å². The summed E-state index contributed by atoms with van der Waals surface area (Å²) in [5.74, 6) is 0.968. The summed E-state index contributed by atoms with van der Waals surface area (Å²) >= 11 is 0. The van der Waals surface area contributed by atoms with Crippen molar-refractivity contribution in [3.05, 3.63) is 0 Å². The van der Waals surface area contributed by atoms with Crippen LogP contribution in [0, 0.1) is 5.92 Å². The van der Waals surface area contributed by atoms with E-state index < -0.39 is 0 Å². The zero-order valence-electron chi connectivity index (χ0n) is 5.31. The quantitative estimate of drug-likeness (QED) is 0.412. The van der Waals surface area contributed by atoms with Crippen LogP contribution in [0.5, 0.6) is 0 Å². The minimum absolute atomic E-state index is 0.903. The number of nitrogens with zero attached hydrogens (tertiary/aromatic N) is 1. The van der Waals surface area contributed by atoms with Crippen molar-refractivity contribution in [2.45, 2.75) is 19.4 Å². The third-order valence-corrected chi connectivity index (χ3v) is 1.73. The van der Waals surface area contributed by atoms with E-state index in [1.54, 1.807) is 0 Å². The van der Waals surface area contributed by atoms with Crippen molar-refractivity contribution in [2.75, 3.05) is 7.05 Å². The Morgan fingerprint density at radius 2 is 2.14 bits per heavy atom. The van der Waals surface area contributed by atoms with Gasteiger partial charge in [0.25, 0.3) is 0 Å². The van der Waals surface area contributed by atoms with Gasteiger partial charge in [-0.1, -0.05) is 6.92 Å². The monoisotopic (exact) mass is 97.1 g/mol. The lowest BCUT2D eigenvalue weighted by Crippen LogP contribution is -2.17. The molecule has 0 aliphatic heterocycles. The lowest BCUT2D eigenvalue weighted by atomic mass is 10.3. The van der Waals surface area contributed by atoms with Gasteiger partial charge in [0.15, 0.2) is 7.98 Å². The van der Waals surface area contributed by atoms with E-state index in [9.17, 15) is 0 Å². The van der Waals surface area contributed by atoms with Gasteiger partial charge in [-0.15, -0.1) is 0 Å². The summed E-state index contributed by atoms with van der Waals surface area (Å²) < 4.78 is 0. The Balaban J connectivity index is 2.20. The summed E-state index contributed by atoms with van der Waals surface area (Å²) in [6, 6.07) is 0.903. The van der Waals surface area contributed by atoms with E-state index in [2.05, 4.69) is 26.8 Å². The Bertz CT molecular complexity index is 72.5. The number of hydrogen-bond acceptors (Lipinski definition) is 1. The topological polar surface area (TPSA) is 3.24 Å². The van der Waals surface area contributed by atoms with Crippen LogP contribution in [0.15, 0.2) is 0 Å². The molecule has 0 aromatic rings. The van der Waals surface area contributed by atoms with E-state index in [-0.39, 0.29) is 0 Å². The Hall–Kier alpha value is 0.0249. The minimum Gasteiger partial charge on any atom is -0.349 e. The lowest BCUT2D eigenvalue weighted by Gasteiger charge is -2.05. The van der Waals surface area contributed by atoms with Gasteiger partial charge in [0.2, 0.25) is 0 Å². The molecule has 1 saturated carbocycles. The first-order valence-electron chi connectivity index (χ1n) is 2.88. The first kappa shape index (κ1) is 5.17. The summed E-state index contributed by atoms with van der Waals surface area (Å²) in [4.78, 5) is 2.30. The van der Waals surface area contributed by atoms with Crippen LogP contribution in [0.2, 0.25) is 0 Å². The van der Waals surface area contributed by atoms with Gasteiger partial charge in [0.1, 0.15) is 0 Å². The molecule has 0 amide bonds. The molecule has 40 valence electrons. The van der Waals surface area contributed by atoms with Gasteiger partial charge in [-0.3, -0.25) is 0 Å². The average molecular weight is 97.0 g/mol. The van der Waals surface area contributed by atoms with E-state index in [0.29, 0.717) is 0 Å². The van der Waals surface area contributed by atoms with E-state index in [1.165, 1.54) is 6.42 Å². The molecule has 7 heavy (non-hydrogen) atoms. The van der Waals surface area contributed by atoms with Crippen molar-refractivity contribution in [1.82, 2.24) is 4.81 Å². The fourth-order valence-corrected chi connectivity index (χ4v) is 1.02. The highest BCUT2D eigenvalue weighted by Crippen LogP contribution is 2.32. The van der Waals surface area contributed by atoms with E-state index in [4.69, 9.17) is 0 Å². The Morgan fingerprint density at radius 1 is 1.71 bits per heavy atom. The van der Waals surface area contributed by atoms with Crippen LogP contribution < -0.4 is 0 Å². The Labute approximate surface area is 46.1 Å². The molecule has 0 spiro atoms. The van der Waals surface area contributed by atoms with Crippen LogP contribution >= 0.6 is 0 Å². The predicted molar refractivity (Wildman–Crippen MR) is 33.9 cm³/mol. The first-order valence-corrected chi connectivity index (χ1v) is 2.88. The van der Waals surface area contributed by atoms with E-state index in [0.717, 1.165) is 12.0 Å². The molecule has 0 heterocycles. The molecule has 1 fully saturated rings. The standard InChI is InChI=1S/C5H12BN/c1-4-3-5(4)7(2)6/h4-5H,3,6H2,1-2H3. The fourth-order valence-electron chi connectivity index (χ4n) is 1.02. The summed E-state index contributed by atoms with van der Waals surface area (Å²) in [6.07, 6.45) is 1.41. The second-order valence-corrected chi connectivity index (χ2v) is 2.74. The van der Waals surface area contributed by atoms with Crippen LogP contribution in [0.4, 0.5) is 0 Å². The van der Waals surface area contributed by atoms with Crippen LogP contribution in [-0.4, -0.2) is 25.9 Å². The largest absolute Gasteiger partial charge is 0.349 e. The molecule has 1 aliphatic carbocycles. The van der Waals surface area contributed by atoms with Crippen molar-refractivity contribution in [1.29, 1.82) is 0 Å². The molecular formula is C5H12BN. The van der Waals surface area contributed by atoms with Crippen molar-refractivity contribution in [3.63, 3.8) is 0 Å². The Morgan fingerprint density at radius 3 is 2.14 bits per heavy atom. The summed E-state index contributed by atoms with van der Waals surface area (Å²) in [5, 5.41) is 0. The lowest BCUT2D eigenvalue weighted by molar-refractivity contribution is 0.512. The SMILES string of the molecule is BN(C)C1CC1C. The predicted octanol–water partition coefficient (Wildman–Crippen LogP) is -0.125. The molecule has 2 heteroatoms. The highest BCUT2D eigenvalue weighted by atomic mass is 15.1. The Kier molecular flexibility index (Phi) is 1.12. The zero-order chi connectivity index (χ0) is 5.44.